The molecule has 0 radical (unpaired) electrons. The van der Waals surface area contributed by atoms with E-state index in [0.29, 0.717) is 6.04 Å². The normalized spacial score (nSPS) is 16.6. The lowest BCUT2D eigenvalue weighted by Crippen LogP contribution is -2.30. The Kier molecular flexibility index (Phi) is 3.62. The number of benzene rings is 1. The zero-order valence-corrected chi connectivity index (χ0v) is 12.6. The molecule has 0 unspecified atom stereocenters. The van der Waals surface area contributed by atoms with Crippen molar-refractivity contribution in [1.29, 1.82) is 0 Å². The maximum atomic E-state index is 4.66. The summed E-state index contributed by atoms with van der Waals surface area (Å²) in [5.41, 5.74) is 6.53. The average Bonchev–Trinajstić information content (AvgIpc) is 2.85. The SMILES string of the molecule is Cc1ccc(-c2cnn(C3CCNCC3)c2C)cc1C. The lowest BCUT2D eigenvalue weighted by Gasteiger charge is -2.24. The van der Waals surface area contributed by atoms with Gasteiger partial charge in [0.25, 0.3) is 0 Å². The topological polar surface area (TPSA) is 29.9 Å². The van der Waals surface area contributed by atoms with E-state index in [4.69, 9.17) is 0 Å². The molecule has 0 saturated carbocycles. The number of hydrogen-bond donors (Lipinski definition) is 1. The van der Waals surface area contributed by atoms with E-state index in [2.05, 4.69) is 54.1 Å². The molecule has 106 valence electrons. The molecule has 3 nitrogen and oxygen atoms in total. The first-order valence-electron chi connectivity index (χ1n) is 7.49. The van der Waals surface area contributed by atoms with Crippen LogP contribution < -0.4 is 5.32 Å². The Morgan fingerprint density at radius 1 is 1.10 bits per heavy atom. The number of rotatable bonds is 2. The van der Waals surface area contributed by atoms with Gasteiger partial charge in [-0.15, -0.1) is 0 Å². The molecule has 2 aromatic rings. The molecular weight excluding hydrogens is 246 g/mol. The fraction of sp³-hybridized carbons (Fsp3) is 0.471. The van der Waals surface area contributed by atoms with Gasteiger partial charge < -0.3 is 5.32 Å². The molecule has 1 aliphatic rings. The van der Waals surface area contributed by atoms with Gasteiger partial charge in [0.05, 0.1) is 12.2 Å². The Balaban J connectivity index is 1.94. The van der Waals surface area contributed by atoms with Crippen molar-refractivity contribution in [2.24, 2.45) is 0 Å². The maximum Gasteiger partial charge on any atom is 0.0571 e. The van der Waals surface area contributed by atoms with Crippen LogP contribution in [0.3, 0.4) is 0 Å². The first-order chi connectivity index (χ1) is 9.66. The van der Waals surface area contributed by atoms with E-state index >= 15 is 0 Å². The summed E-state index contributed by atoms with van der Waals surface area (Å²) in [5, 5.41) is 8.07. The molecule has 0 aliphatic carbocycles. The smallest absolute Gasteiger partial charge is 0.0571 e. The molecule has 0 bridgehead atoms. The van der Waals surface area contributed by atoms with Gasteiger partial charge in [-0.05, 0) is 63.4 Å². The van der Waals surface area contributed by atoms with Gasteiger partial charge in [0, 0.05) is 11.3 Å². The van der Waals surface area contributed by atoms with Crippen molar-refractivity contribution in [2.75, 3.05) is 13.1 Å². The Bertz CT molecular complexity index is 607. The summed E-state index contributed by atoms with van der Waals surface area (Å²) in [6.07, 6.45) is 4.38. The highest BCUT2D eigenvalue weighted by atomic mass is 15.3. The summed E-state index contributed by atoms with van der Waals surface area (Å²) in [6, 6.07) is 7.23. The molecule has 1 aromatic heterocycles. The van der Waals surface area contributed by atoms with E-state index in [1.54, 1.807) is 0 Å². The van der Waals surface area contributed by atoms with Crippen molar-refractivity contribution in [3.8, 4) is 11.1 Å². The second-order valence-corrected chi connectivity index (χ2v) is 5.87. The van der Waals surface area contributed by atoms with E-state index in [-0.39, 0.29) is 0 Å². The molecular formula is C17H23N3. The van der Waals surface area contributed by atoms with E-state index in [9.17, 15) is 0 Å². The Hall–Kier alpha value is -1.61. The Morgan fingerprint density at radius 3 is 2.55 bits per heavy atom. The van der Waals surface area contributed by atoms with Crippen LogP contribution in [0.2, 0.25) is 0 Å². The van der Waals surface area contributed by atoms with Crippen molar-refractivity contribution in [2.45, 2.75) is 39.7 Å². The lowest BCUT2D eigenvalue weighted by atomic mass is 10.0. The highest BCUT2D eigenvalue weighted by Gasteiger charge is 2.19. The fourth-order valence-electron chi connectivity index (χ4n) is 3.04. The van der Waals surface area contributed by atoms with Gasteiger partial charge in [-0.3, -0.25) is 4.68 Å². The van der Waals surface area contributed by atoms with Gasteiger partial charge in [0.15, 0.2) is 0 Å². The second-order valence-electron chi connectivity index (χ2n) is 5.87. The second kappa shape index (κ2) is 5.41. The van der Waals surface area contributed by atoms with Crippen molar-refractivity contribution in [1.82, 2.24) is 15.1 Å². The summed E-state index contributed by atoms with van der Waals surface area (Å²) in [5.74, 6) is 0. The van der Waals surface area contributed by atoms with Crippen LogP contribution in [-0.2, 0) is 0 Å². The minimum atomic E-state index is 0.552. The monoisotopic (exact) mass is 269 g/mol. The van der Waals surface area contributed by atoms with Gasteiger partial charge in [-0.1, -0.05) is 18.2 Å². The lowest BCUT2D eigenvalue weighted by molar-refractivity contribution is 0.338. The van der Waals surface area contributed by atoms with Crippen LogP contribution in [0, 0.1) is 20.8 Å². The van der Waals surface area contributed by atoms with Crippen molar-refractivity contribution in [3.63, 3.8) is 0 Å². The summed E-state index contributed by atoms with van der Waals surface area (Å²) >= 11 is 0. The third-order valence-electron chi connectivity index (χ3n) is 4.52. The summed E-state index contributed by atoms with van der Waals surface area (Å²) < 4.78 is 2.23. The molecule has 1 saturated heterocycles. The Labute approximate surface area is 121 Å². The molecule has 2 heterocycles. The first kappa shape index (κ1) is 13.4. The van der Waals surface area contributed by atoms with Crippen LogP contribution in [0.4, 0.5) is 0 Å². The van der Waals surface area contributed by atoms with E-state index in [1.165, 1.54) is 40.8 Å². The van der Waals surface area contributed by atoms with Gasteiger partial charge >= 0.3 is 0 Å². The molecule has 1 aliphatic heterocycles. The average molecular weight is 269 g/mol. The quantitative estimate of drug-likeness (QED) is 0.905. The van der Waals surface area contributed by atoms with Crippen LogP contribution in [0.1, 0.15) is 35.7 Å². The highest BCUT2D eigenvalue weighted by Crippen LogP contribution is 2.28. The van der Waals surface area contributed by atoms with Gasteiger partial charge in [-0.25, -0.2) is 0 Å². The number of aryl methyl sites for hydroxylation is 2. The summed E-state index contributed by atoms with van der Waals surface area (Å²) in [7, 11) is 0. The number of aromatic nitrogens is 2. The van der Waals surface area contributed by atoms with Gasteiger partial charge in [-0.2, -0.15) is 5.10 Å². The first-order valence-corrected chi connectivity index (χ1v) is 7.49. The third kappa shape index (κ3) is 2.38. The van der Waals surface area contributed by atoms with Gasteiger partial charge in [0.2, 0.25) is 0 Å². The van der Waals surface area contributed by atoms with Crippen LogP contribution in [0.25, 0.3) is 11.1 Å². The Morgan fingerprint density at radius 2 is 1.85 bits per heavy atom. The molecule has 0 amide bonds. The summed E-state index contributed by atoms with van der Waals surface area (Å²) in [4.78, 5) is 0. The molecule has 3 rings (SSSR count). The van der Waals surface area contributed by atoms with Gasteiger partial charge in [0.1, 0.15) is 0 Å². The van der Waals surface area contributed by atoms with Crippen molar-refractivity contribution >= 4 is 0 Å². The fourth-order valence-corrected chi connectivity index (χ4v) is 3.04. The zero-order valence-electron chi connectivity index (χ0n) is 12.6. The van der Waals surface area contributed by atoms with E-state index in [1.807, 2.05) is 6.20 Å². The van der Waals surface area contributed by atoms with Crippen LogP contribution in [0.5, 0.6) is 0 Å². The number of hydrogen-bond acceptors (Lipinski definition) is 2. The van der Waals surface area contributed by atoms with Crippen molar-refractivity contribution < 1.29 is 0 Å². The van der Waals surface area contributed by atoms with E-state index < -0.39 is 0 Å². The number of nitrogens with one attached hydrogen (secondary N) is 1. The van der Waals surface area contributed by atoms with Crippen LogP contribution in [0.15, 0.2) is 24.4 Å². The molecule has 0 spiro atoms. The predicted molar refractivity (Wildman–Crippen MR) is 83.0 cm³/mol. The number of nitrogens with zero attached hydrogens (tertiary/aromatic N) is 2. The molecule has 3 heteroatoms. The number of piperidine rings is 1. The zero-order chi connectivity index (χ0) is 14.1. The molecule has 1 aromatic carbocycles. The molecule has 20 heavy (non-hydrogen) atoms. The summed E-state index contributed by atoms with van der Waals surface area (Å²) in [6.45, 7) is 8.72. The largest absolute Gasteiger partial charge is 0.317 e. The predicted octanol–water partition coefficient (Wildman–Crippen LogP) is 3.40. The van der Waals surface area contributed by atoms with Crippen LogP contribution in [-0.4, -0.2) is 22.9 Å². The van der Waals surface area contributed by atoms with Crippen LogP contribution >= 0.6 is 0 Å². The molecule has 0 atom stereocenters. The molecule has 1 N–H and O–H groups in total. The highest BCUT2D eigenvalue weighted by molar-refractivity contribution is 5.66. The maximum absolute atomic E-state index is 4.66. The standard InChI is InChI=1S/C17H23N3/c1-12-4-5-15(10-13(12)2)17-11-19-20(14(17)3)16-6-8-18-9-7-16/h4-5,10-11,16,18H,6-9H2,1-3H3. The van der Waals surface area contributed by atoms with Crippen molar-refractivity contribution in [3.05, 3.63) is 41.2 Å². The third-order valence-corrected chi connectivity index (χ3v) is 4.52. The minimum Gasteiger partial charge on any atom is -0.317 e. The molecule has 1 fully saturated rings. The van der Waals surface area contributed by atoms with E-state index in [0.717, 1.165) is 13.1 Å². The minimum absolute atomic E-state index is 0.552.